The monoisotopic (exact) mass is 512 g/mol. The summed E-state index contributed by atoms with van der Waals surface area (Å²) in [6.07, 6.45) is 9.61. The maximum Gasteiger partial charge on any atom is 0.435 e. The molecule has 0 aromatic carbocycles. The Morgan fingerprint density at radius 2 is 1.51 bits per heavy atom. The fourth-order valence-corrected chi connectivity index (χ4v) is 7.46. The Hall–Kier alpha value is -2.51. The molecule has 2 aromatic rings. The molecule has 6 aliphatic rings. The summed E-state index contributed by atoms with van der Waals surface area (Å²) in [6, 6.07) is 3.29. The fraction of sp³-hybridized carbons (Fsp3) is 0.759. The molecule has 6 aliphatic carbocycles. The summed E-state index contributed by atoms with van der Waals surface area (Å²) in [5, 5.41) is 10.5. The van der Waals surface area contributed by atoms with Crippen LogP contribution in [0.3, 0.4) is 0 Å². The normalized spacial score (nSPS) is 27.9. The van der Waals surface area contributed by atoms with E-state index in [1.807, 2.05) is 0 Å². The van der Waals surface area contributed by atoms with E-state index in [1.54, 1.807) is 39.1 Å². The lowest BCUT2D eigenvalue weighted by molar-refractivity contribution is 0.0511. The average molecular weight is 513 g/mol. The zero-order chi connectivity index (χ0) is 29.1. The number of nitrogens with zero attached hydrogens (tertiary/aromatic N) is 3. The second-order valence-electron chi connectivity index (χ2n) is 13.0. The first-order chi connectivity index (χ1) is 19.2. The summed E-state index contributed by atoms with van der Waals surface area (Å²) in [6.45, 7) is 5.49. The van der Waals surface area contributed by atoms with Gasteiger partial charge in [-0.1, -0.05) is 0 Å². The van der Waals surface area contributed by atoms with E-state index in [9.17, 15) is 4.79 Å². The standard InChI is InChI=1S/C17H24N2O3.C12H16N2O/c1-15(2,3)22-14(20)19-10-4-13(18-19)21-11-5-12-16(6-7-16)17(12)8-9-17;1-7-13-14-10(1)15-8-2-9-11(3-4-11)12(9)5-6-12/h4,10,12H,5-9,11H2,1-3H3;1,7,9H,2-6,8H2,(H,13,14)/i5D2;2D2. The highest BCUT2D eigenvalue weighted by molar-refractivity contribution is 5.69. The Bertz CT molecular complexity index is 1300. The molecule has 0 unspecified atom stereocenters. The van der Waals surface area contributed by atoms with Gasteiger partial charge in [-0.15, -0.1) is 5.10 Å². The Labute approximate surface area is 224 Å². The number of ether oxygens (including phenoxy) is 3. The van der Waals surface area contributed by atoms with Crippen molar-refractivity contribution in [1.82, 2.24) is 20.0 Å². The van der Waals surface area contributed by atoms with Gasteiger partial charge in [0.15, 0.2) is 0 Å². The van der Waals surface area contributed by atoms with Crippen molar-refractivity contribution >= 4 is 6.09 Å². The van der Waals surface area contributed by atoms with Gasteiger partial charge in [-0.25, -0.2) is 9.89 Å². The predicted octanol–water partition coefficient (Wildman–Crippen LogP) is 5.99. The number of rotatable bonds is 8. The molecular weight excluding hydrogens is 468 g/mol. The SMILES string of the molecule is [2H]C([2H])(COc1ccn(C(=O)OC(C)(C)C)n1)C1C2(CC2)C12CC2.[2H]C([2H])(COc1ccn[nH]1)C1C2(CC2)C12CC2. The highest BCUT2D eigenvalue weighted by atomic mass is 16.6. The number of hydrogen-bond donors (Lipinski definition) is 1. The van der Waals surface area contributed by atoms with E-state index in [2.05, 4.69) is 15.3 Å². The Morgan fingerprint density at radius 3 is 1.97 bits per heavy atom. The second-order valence-corrected chi connectivity index (χ2v) is 13.0. The zero-order valence-electron chi connectivity index (χ0n) is 26.0. The van der Waals surface area contributed by atoms with Gasteiger partial charge in [-0.3, -0.25) is 0 Å². The number of fused-ring (bicyclic) bond motifs is 2. The first-order valence-electron chi connectivity index (χ1n) is 15.7. The number of nitrogens with one attached hydrogen (secondary N) is 1. The van der Waals surface area contributed by atoms with Crippen LogP contribution in [0, 0.1) is 33.5 Å². The molecular formula is C29H40N4O4. The van der Waals surface area contributed by atoms with E-state index in [0.717, 1.165) is 4.68 Å². The zero-order valence-corrected chi connectivity index (χ0v) is 22.0. The molecule has 6 saturated carbocycles. The molecule has 8 rings (SSSR count). The topological polar surface area (TPSA) is 91.3 Å². The summed E-state index contributed by atoms with van der Waals surface area (Å²) in [5.41, 5.74) is 0.748. The van der Waals surface area contributed by atoms with Crippen LogP contribution in [0.15, 0.2) is 24.5 Å². The third-order valence-electron chi connectivity index (χ3n) is 9.82. The fourth-order valence-electron chi connectivity index (χ4n) is 7.46. The van der Waals surface area contributed by atoms with Crippen molar-refractivity contribution < 1.29 is 24.5 Å². The minimum Gasteiger partial charge on any atom is -0.478 e. The van der Waals surface area contributed by atoms with Gasteiger partial charge in [0.05, 0.1) is 19.4 Å². The molecule has 200 valence electrons. The lowest BCUT2D eigenvalue weighted by Crippen LogP contribution is -2.27. The summed E-state index contributed by atoms with van der Waals surface area (Å²) >= 11 is 0. The van der Waals surface area contributed by atoms with Crippen LogP contribution in [0.25, 0.3) is 0 Å². The smallest absolute Gasteiger partial charge is 0.435 e. The van der Waals surface area contributed by atoms with Gasteiger partial charge in [0.25, 0.3) is 0 Å². The van der Waals surface area contributed by atoms with E-state index in [4.69, 9.17) is 19.7 Å². The quantitative estimate of drug-likeness (QED) is 0.467. The van der Waals surface area contributed by atoms with Crippen molar-refractivity contribution in [3.8, 4) is 11.8 Å². The molecule has 0 amide bonds. The van der Waals surface area contributed by atoms with Crippen LogP contribution >= 0.6 is 0 Å². The molecule has 0 radical (unpaired) electrons. The molecule has 0 atom stereocenters. The van der Waals surface area contributed by atoms with Gasteiger partial charge in [0, 0.05) is 23.8 Å². The summed E-state index contributed by atoms with van der Waals surface area (Å²) in [7, 11) is 0. The van der Waals surface area contributed by atoms with Crippen LogP contribution in [0.2, 0.25) is 0 Å². The lowest BCUT2D eigenvalue weighted by Gasteiger charge is -2.18. The van der Waals surface area contributed by atoms with Crippen LogP contribution in [0.5, 0.6) is 11.8 Å². The molecule has 0 bridgehead atoms. The highest BCUT2D eigenvalue weighted by Crippen LogP contribution is 2.93. The number of H-pyrrole nitrogens is 1. The van der Waals surface area contributed by atoms with Crippen molar-refractivity contribution in [3.63, 3.8) is 0 Å². The molecule has 4 spiro atoms. The van der Waals surface area contributed by atoms with Crippen molar-refractivity contribution in [2.75, 3.05) is 13.2 Å². The third kappa shape index (κ3) is 3.88. The van der Waals surface area contributed by atoms with Gasteiger partial charge in [-0.05, 0) is 118 Å². The summed E-state index contributed by atoms with van der Waals surface area (Å²) in [5.74, 6) is 1.18. The molecule has 37 heavy (non-hydrogen) atoms. The number of carbonyl (C=O) groups excluding carboxylic acids is 1. The number of aromatic nitrogens is 4. The average Bonchev–Trinajstić information content (AvgIpc) is 3.61. The van der Waals surface area contributed by atoms with Crippen LogP contribution in [0.4, 0.5) is 4.79 Å². The Morgan fingerprint density at radius 1 is 0.973 bits per heavy atom. The second kappa shape index (κ2) is 7.76. The number of aromatic amines is 1. The highest BCUT2D eigenvalue weighted by Gasteiger charge is 2.86. The van der Waals surface area contributed by atoms with E-state index >= 15 is 0 Å². The van der Waals surface area contributed by atoms with Crippen LogP contribution in [0.1, 0.15) is 90.4 Å². The maximum atomic E-state index is 11.9. The minimum atomic E-state index is -1.34. The van der Waals surface area contributed by atoms with E-state index < -0.39 is 24.4 Å². The lowest BCUT2D eigenvalue weighted by atomic mass is 10.2. The molecule has 8 heteroatoms. The number of carbonyl (C=O) groups is 1. The van der Waals surface area contributed by atoms with Crippen molar-refractivity contribution in [3.05, 3.63) is 24.5 Å². The minimum absolute atomic E-state index is 0.0213. The number of hydrogen-bond acceptors (Lipinski definition) is 6. The van der Waals surface area contributed by atoms with Gasteiger partial charge in [0.2, 0.25) is 11.8 Å². The largest absolute Gasteiger partial charge is 0.478 e. The summed E-state index contributed by atoms with van der Waals surface area (Å²) < 4.78 is 50.6. The predicted molar refractivity (Wildman–Crippen MR) is 136 cm³/mol. The van der Waals surface area contributed by atoms with Crippen LogP contribution in [-0.2, 0) is 4.74 Å². The van der Waals surface area contributed by atoms with Gasteiger partial charge >= 0.3 is 6.09 Å². The molecule has 0 aliphatic heterocycles. The van der Waals surface area contributed by atoms with E-state index in [-0.39, 0.29) is 41.8 Å². The van der Waals surface area contributed by atoms with E-state index in [1.165, 1.54) is 57.6 Å². The van der Waals surface area contributed by atoms with Gasteiger partial charge in [-0.2, -0.15) is 9.78 Å². The molecule has 6 fully saturated rings. The molecule has 1 N–H and O–H groups in total. The third-order valence-corrected chi connectivity index (χ3v) is 9.82. The van der Waals surface area contributed by atoms with Gasteiger partial charge < -0.3 is 14.2 Å². The van der Waals surface area contributed by atoms with Crippen LogP contribution < -0.4 is 9.47 Å². The molecule has 8 nitrogen and oxygen atoms in total. The summed E-state index contributed by atoms with van der Waals surface area (Å²) in [4.78, 5) is 11.9. The molecule has 2 heterocycles. The maximum absolute atomic E-state index is 11.9. The van der Waals surface area contributed by atoms with Crippen molar-refractivity contribution in [2.45, 2.75) is 90.5 Å². The van der Waals surface area contributed by atoms with Crippen molar-refractivity contribution in [1.29, 1.82) is 0 Å². The van der Waals surface area contributed by atoms with Gasteiger partial charge in [0.1, 0.15) is 5.60 Å². The van der Waals surface area contributed by atoms with E-state index in [0.29, 0.717) is 16.7 Å². The first-order valence-corrected chi connectivity index (χ1v) is 13.7. The molecule has 2 aromatic heterocycles. The molecule has 0 saturated heterocycles. The Balaban J connectivity index is 0.000000142. The first kappa shape index (κ1) is 19.5. The Kier molecular flexibility index (Phi) is 4.10. The van der Waals surface area contributed by atoms with Crippen LogP contribution in [-0.4, -0.2) is 44.9 Å². The van der Waals surface area contributed by atoms with Crippen molar-refractivity contribution in [2.24, 2.45) is 33.5 Å².